The summed E-state index contributed by atoms with van der Waals surface area (Å²) in [5.41, 5.74) is 1.39. The van der Waals surface area contributed by atoms with Gasteiger partial charge in [-0.1, -0.05) is 38.0 Å². The van der Waals surface area contributed by atoms with Crippen LogP contribution in [0.15, 0.2) is 35.1 Å². The average Bonchev–Trinajstić information content (AvgIpc) is 2.97. The van der Waals surface area contributed by atoms with Gasteiger partial charge in [-0.2, -0.15) is 0 Å². The Labute approximate surface area is 187 Å². The summed E-state index contributed by atoms with van der Waals surface area (Å²) in [6.07, 6.45) is 4.55. The lowest BCUT2D eigenvalue weighted by Gasteiger charge is -2.29. The van der Waals surface area contributed by atoms with Crippen LogP contribution < -0.4 is 16.2 Å². The molecule has 0 spiro atoms. The Hall–Kier alpha value is -2.48. The van der Waals surface area contributed by atoms with Gasteiger partial charge in [-0.25, -0.2) is 4.68 Å². The Morgan fingerprint density at radius 2 is 1.87 bits per heavy atom. The molecule has 1 aliphatic carbocycles. The number of amides is 2. The predicted molar refractivity (Wildman–Crippen MR) is 126 cm³/mol. The Morgan fingerprint density at radius 1 is 1.19 bits per heavy atom. The predicted octanol–water partition coefficient (Wildman–Crippen LogP) is 3.24. The molecule has 1 aromatic heterocycles. The molecule has 1 heterocycles. The van der Waals surface area contributed by atoms with Crippen LogP contribution in [0.3, 0.4) is 0 Å². The zero-order valence-electron chi connectivity index (χ0n) is 18.7. The van der Waals surface area contributed by atoms with E-state index in [1.165, 1.54) is 22.9 Å². The molecule has 3 atom stereocenters. The molecule has 1 saturated carbocycles. The topological polar surface area (TPSA) is 85.1 Å². The first kappa shape index (κ1) is 23.2. The standard InChI is InChI=1S/C23H32N4O3S/c1-15-10-8-9-13-19(15)24-20(28)14-31-17(3)22(29)25-21-16(2)26(4)27(23(21)30)18-11-6-5-7-12-18/h5-7,11-12,15,17,19H,8-10,13-14H2,1-4H3,(H,24,28)(H,25,29). The lowest BCUT2D eigenvalue weighted by atomic mass is 9.86. The fourth-order valence-corrected chi connectivity index (χ4v) is 4.69. The van der Waals surface area contributed by atoms with E-state index in [2.05, 4.69) is 17.6 Å². The molecule has 8 heteroatoms. The maximum absolute atomic E-state index is 12.9. The minimum Gasteiger partial charge on any atom is -0.352 e. The monoisotopic (exact) mass is 444 g/mol. The first-order valence-corrected chi connectivity index (χ1v) is 11.9. The third kappa shape index (κ3) is 5.42. The van der Waals surface area contributed by atoms with E-state index in [-0.39, 0.29) is 34.9 Å². The molecular weight excluding hydrogens is 412 g/mol. The van der Waals surface area contributed by atoms with E-state index in [0.717, 1.165) is 24.9 Å². The van der Waals surface area contributed by atoms with Gasteiger partial charge in [0.25, 0.3) is 5.56 Å². The van der Waals surface area contributed by atoms with Crippen LogP contribution in [0.25, 0.3) is 5.69 Å². The Morgan fingerprint density at radius 3 is 2.55 bits per heavy atom. The molecule has 0 saturated heterocycles. The fourth-order valence-electron chi connectivity index (χ4n) is 3.99. The van der Waals surface area contributed by atoms with Gasteiger partial charge < -0.3 is 10.6 Å². The third-order valence-electron chi connectivity index (χ3n) is 6.09. The highest BCUT2D eigenvalue weighted by atomic mass is 32.2. The summed E-state index contributed by atoms with van der Waals surface area (Å²) in [6.45, 7) is 5.73. The van der Waals surface area contributed by atoms with Crippen molar-refractivity contribution in [2.75, 3.05) is 11.1 Å². The first-order chi connectivity index (χ1) is 14.8. The Kier molecular flexibility index (Phi) is 7.64. The summed E-state index contributed by atoms with van der Waals surface area (Å²) in [7, 11) is 1.79. The van der Waals surface area contributed by atoms with Gasteiger partial charge in [-0.3, -0.25) is 19.1 Å². The van der Waals surface area contributed by atoms with Gasteiger partial charge in [-0.15, -0.1) is 11.8 Å². The fraction of sp³-hybridized carbons (Fsp3) is 0.522. The largest absolute Gasteiger partial charge is 0.352 e. The highest BCUT2D eigenvalue weighted by Gasteiger charge is 2.24. The van der Waals surface area contributed by atoms with E-state index in [4.69, 9.17) is 0 Å². The van der Waals surface area contributed by atoms with Crippen molar-refractivity contribution < 1.29 is 9.59 Å². The number of thioether (sulfide) groups is 1. The molecule has 1 aromatic carbocycles. The molecule has 7 nitrogen and oxygen atoms in total. The van der Waals surface area contributed by atoms with Crippen molar-refractivity contribution in [1.82, 2.24) is 14.7 Å². The van der Waals surface area contributed by atoms with Crippen molar-refractivity contribution >= 4 is 29.3 Å². The van der Waals surface area contributed by atoms with Gasteiger partial charge in [0, 0.05) is 13.1 Å². The smallest absolute Gasteiger partial charge is 0.295 e. The zero-order valence-corrected chi connectivity index (χ0v) is 19.5. The summed E-state index contributed by atoms with van der Waals surface area (Å²) in [6, 6.07) is 9.53. The van der Waals surface area contributed by atoms with Crippen molar-refractivity contribution in [1.29, 1.82) is 0 Å². The summed E-state index contributed by atoms with van der Waals surface area (Å²) < 4.78 is 3.26. The minimum absolute atomic E-state index is 0.0364. The van der Waals surface area contributed by atoms with Crippen LogP contribution in [-0.4, -0.2) is 38.2 Å². The van der Waals surface area contributed by atoms with E-state index in [1.807, 2.05) is 30.3 Å². The summed E-state index contributed by atoms with van der Waals surface area (Å²) in [5.74, 6) is 0.400. The normalized spacial score (nSPS) is 19.6. The van der Waals surface area contributed by atoms with Gasteiger partial charge in [0.2, 0.25) is 11.8 Å². The Balaban J connectivity index is 1.60. The van der Waals surface area contributed by atoms with E-state index >= 15 is 0 Å². The summed E-state index contributed by atoms with van der Waals surface area (Å²) in [4.78, 5) is 38.0. The van der Waals surface area contributed by atoms with Crippen LogP contribution in [0.5, 0.6) is 0 Å². The maximum atomic E-state index is 12.9. The quantitative estimate of drug-likeness (QED) is 0.687. The number of rotatable bonds is 7. The van der Waals surface area contributed by atoms with E-state index in [9.17, 15) is 14.4 Å². The Bertz CT molecular complexity index is 983. The van der Waals surface area contributed by atoms with Crippen molar-refractivity contribution in [2.45, 2.75) is 57.7 Å². The SMILES string of the molecule is Cc1c(NC(=O)C(C)SCC(=O)NC2CCCCC2C)c(=O)n(-c2ccccc2)n1C. The number of anilines is 1. The van der Waals surface area contributed by atoms with Crippen LogP contribution in [0.2, 0.25) is 0 Å². The molecule has 0 radical (unpaired) electrons. The van der Waals surface area contributed by atoms with Gasteiger partial charge in [-0.05, 0) is 44.7 Å². The van der Waals surface area contributed by atoms with Crippen LogP contribution in [0, 0.1) is 12.8 Å². The molecule has 2 N–H and O–H groups in total. The number of carbonyl (C=O) groups excluding carboxylic acids is 2. The van der Waals surface area contributed by atoms with Gasteiger partial charge in [0.15, 0.2) is 0 Å². The molecule has 1 fully saturated rings. The highest BCUT2D eigenvalue weighted by Crippen LogP contribution is 2.24. The van der Waals surface area contributed by atoms with Gasteiger partial charge in [0.05, 0.1) is 22.4 Å². The van der Waals surface area contributed by atoms with Crippen molar-refractivity contribution in [3.05, 3.63) is 46.4 Å². The molecule has 31 heavy (non-hydrogen) atoms. The number of nitrogens with zero attached hydrogens (tertiary/aromatic N) is 2. The van der Waals surface area contributed by atoms with Crippen LogP contribution >= 0.6 is 11.8 Å². The van der Waals surface area contributed by atoms with Gasteiger partial charge in [0.1, 0.15) is 5.69 Å². The minimum atomic E-state index is -0.460. The molecule has 3 unspecified atom stereocenters. The number of hydrogen-bond acceptors (Lipinski definition) is 4. The summed E-state index contributed by atoms with van der Waals surface area (Å²) in [5, 5.41) is 5.43. The van der Waals surface area contributed by atoms with E-state index in [1.54, 1.807) is 25.6 Å². The third-order valence-corrected chi connectivity index (χ3v) is 7.24. The second-order valence-corrected chi connectivity index (χ2v) is 9.64. The second kappa shape index (κ2) is 10.2. The number of aromatic nitrogens is 2. The molecule has 168 valence electrons. The van der Waals surface area contributed by atoms with E-state index in [0.29, 0.717) is 11.6 Å². The molecule has 2 amide bonds. The van der Waals surface area contributed by atoms with Crippen LogP contribution in [-0.2, 0) is 16.6 Å². The lowest BCUT2D eigenvalue weighted by molar-refractivity contribution is -0.119. The molecular formula is C23H32N4O3S. The zero-order chi connectivity index (χ0) is 22.5. The van der Waals surface area contributed by atoms with Crippen molar-refractivity contribution in [2.24, 2.45) is 13.0 Å². The number of benzene rings is 1. The number of carbonyl (C=O) groups is 2. The number of nitrogens with one attached hydrogen (secondary N) is 2. The lowest BCUT2D eigenvalue weighted by Crippen LogP contribution is -2.42. The maximum Gasteiger partial charge on any atom is 0.295 e. The molecule has 1 aliphatic rings. The van der Waals surface area contributed by atoms with Crippen LogP contribution in [0.1, 0.15) is 45.2 Å². The van der Waals surface area contributed by atoms with E-state index < -0.39 is 5.25 Å². The second-order valence-electron chi connectivity index (χ2n) is 8.31. The van der Waals surface area contributed by atoms with Crippen molar-refractivity contribution in [3.63, 3.8) is 0 Å². The molecule has 2 aromatic rings. The van der Waals surface area contributed by atoms with Gasteiger partial charge >= 0.3 is 0 Å². The average molecular weight is 445 g/mol. The first-order valence-electron chi connectivity index (χ1n) is 10.9. The van der Waals surface area contributed by atoms with Crippen LogP contribution in [0.4, 0.5) is 5.69 Å². The number of para-hydroxylation sites is 1. The molecule has 0 bridgehead atoms. The summed E-state index contributed by atoms with van der Waals surface area (Å²) >= 11 is 1.28. The molecule has 0 aliphatic heterocycles. The van der Waals surface area contributed by atoms with Crippen molar-refractivity contribution in [3.8, 4) is 5.69 Å². The number of hydrogen-bond donors (Lipinski definition) is 2. The highest BCUT2D eigenvalue weighted by molar-refractivity contribution is 8.01. The molecule has 3 rings (SSSR count).